The molecule has 0 radical (unpaired) electrons. The first kappa shape index (κ1) is 14.7. The number of hydrogen-bond donors (Lipinski definition) is 1. The van der Waals surface area contributed by atoms with Crippen molar-refractivity contribution in [1.29, 1.82) is 0 Å². The van der Waals surface area contributed by atoms with E-state index in [4.69, 9.17) is 0 Å². The Morgan fingerprint density at radius 2 is 2.05 bits per heavy atom. The van der Waals surface area contributed by atoms with E-state index < -0.39 is 0 Å². The van der Waals surface area contributed by atoms with Crippen LogP contribution in [0.2, 0.25) is 0 Å². The number of aromatic nitrogens is 3. The van der Waals surface area contributed by atoms with Gasteiger partial charge in [0.1, 0.15) is 10.7 Å². The average Bonchev–Trinajstić information content (AvgIpc) is 2.94. The van der Waals surface area contributed by atoms with Crippen LogP contribution in [0, 0.1) is 20.8 Å². The van der Waals surface area contributed by atoms with E-state index in [2.05, 4.69) is 15.0 Å². The summed E-state index contributed by atoms with van der Waals surface area (Å²) >= 11 is 4.83. The molecule has 0 aromatic carbocycles. The van der Waals surface area contributed by atoms with Crippen LogP contribution in [-0.2, 0) is 0 Å². The summed E-state index contributed by atoms with van der Waals surface area (Å²) in [6, 6.07) is 0. The lowest BCUT2D eigenvalue weighted by molar-refractivity contribution is 0.923. The number of rotatable bonds is 3. The van der Waals surface area contributed by atoms with Crippen molar-refractivity contribution in [3.05, 3.63) is 37.7 Å². The molecule has 1 N–H and O–H groups in total. The number of nitrogens with one attached hydrogen (secondary N) is 1. The predicted molar refractivity (Wildman–Crippen MR) is 90.8 cm³/mol. The standard InChI is InChI=1S/C14H15N3OS3/c1-6-5-19-14(15-6)21-9(4)11-16-12(18)10-7(2)8(3)20-13(10)17-11/h5,9H,1-4H3,(H,16,17,18). The van der Waals surface area contributed by atoms with Gasteiger partial charge in [-0.3, -0.25) is 4.79 Å². The van der Waals surface area contributed by atoms with Gasteiger partial charge in [-0.2, -0.15) is 0 Å². The fourth-order valence-electron chi connectivity index (χ4n) is 2.06. The Morgan fingerprint density at radius 1 is 1.29 bits per heavy atom. The van der Waals surface area contributed by atoms with E-state index in [1.165, 1.54) is 0 Å². The molecular formula is C14H15N3OS3. The predicted octanol–water partition coefficient (Wildman–Crippen LogP) is 4.22. The third kappa shape index (κ3) is 2.77. The minimum absolute atomic E-state index is 0.0420. The summed E-state index contributed by atoms with van der Waals surface area (Å²) in [4.78, 5) is 26.3. The van der Waals surface area contributed by atoms with Crippen LogP contribution in [-0.4, -0.2) is 15.0 Å². The van der Waals surface area contributed by atoms with Gasteiger partial charge < -0.3 is 4.98 Å². The molecule has 0 bridgehead atoms. The first-order chi connectivity index (χ1) is 9.95. The number of aromatic amines is 1. The molecule has 0 saturated heterocycles. The number of thiazole rings is 1. The van der Waals surface area contributed by atoms with Crippen molar-refractivity contribution in [2.75, 3.05) is 0 Å². The monoisotopic (exact) mass is 337 g/mol. The summed E-state index contributed by atoms with van der Waals surface area (Å²) in [6.07, 6.45) is 0. The summed E-state index contributed by atoms with van der Waals surface area (Å²) in [7, 11) is 0. The van der Waals surface area contributed by atoms with Crippen LogP contribution in [0.25, 0.3) is 10.2 Å². The molecule has 3 heterocycles. The van der Waals surface area contributed by atoms with E-state index in [1.54, 1.807) is 34.4 Å². The number of thioether (sulfide) groups is 1. The maximum Gasteiger partial charge on any atom is 0.259 e. The Labute approximate surface area is 134 Å². The lowest BCUT2D eigenvalue weighted by Gasteiger charge is -2.08. The second-order valence-electron chi connectivity index (χ2n) is 4.93. The van der Waals surface area contributed by atoms with E-state index in [9.17, 15) is 4.79 Å². The molecule has 1 unspecified atom stereocenters. The Morgan fingerprint density at radius 3 is 2.71 bits per heavy atom. The van der Waals surface area contributed by atoms with Gasteiger partial charge in [0.2, 0.25) is 0 Å². The molecule has 110 valence electrons. The van der Waals surface area contributed by atoms with Gasteiger partial charge in [0.05, 0.1) is 10.6 Å². The largest absolute Gasteiger partial charge is 0.309 e. The summed E-state index contributed by atoms with van der Waals surface area (Å²) in [5.74, 6) is 0.714. The molecule has 3 rings (SSSR count). The van der Waals surface area contributed by atoms with E-state index in [0.29, 0.717) is 5.82 Å². The van der Waals surface area contributed by atoms with Gasteiger partial charge in [0.15, 0.2) is 4.34 Å². The van der Waals surface area contributed by atoms with Crippen molar-refractivity contribution in [3.63, 3.8) is 0 Å². The van der Waals surface area contributed by atoms with Crippen molar-refractivity contribution in [2.24, 2.45) is 0 Å². The quantitative estimate of drug-likeness (QED) is 0.727. The van der Waals surface area contributed by atoms with Crippen LogP contribution in [0.4, 0.5) is 0 Å². The maximum absolute atomic E-state index is 12.3. The molecule has 7 heteroatoms. The Balaban J connectivity index is 1.98. The lowest BCUT2D eigenvalue weighted by atomic mass is 10.2. The molecule has 1 atom stereocenters. The van der Waals surface area contributed by atoms with Crippen LogP contribution < -0.4 is 5.56 Å². The van der Waals surface area contributed by atoms with E-state index in [0.717, 1.165) is 30.7 Å². The molecule has 0 aliphatic rings. The highest BCUT2D eigenvalue weighted by molar-refractivity contribution is 8.01. The van der Waals surface area contributed by atoms with Gasteiger partial charge in [-0.25, -0.2) is 9.97 Å². The zero-order valence-electron chi connectivity index (χ0n) is 12.2. The Bertz CT molecular complexity index is 862. The van der Waals surface area contributed by atoms with Crippen molar-refractivity contribution < 1.29 is 0 Å². The maximum atomic E-state index is 12.3. The number of aryl methyl sites for hydroxylation is 3. The van der Waals surface area contributed by atoms with Gasteiger partial charge in [-0.05, 0) is 33.3 Å². The van der Waals surface area contributed by atoms with Crippen LogP contribution >= 0.6 is 34.4 Å². The highest BCUT2D eigenvalue weighted by Crippen LogP contribution is 2.35. The topological polar surface area (TPSA) is 58.6 Å². The fraction of sp³-hybridized carbons (Fsp3) is 0.357. The SMILES string of the molecule is Cc1csc(SC(C)c2nc3sc(C)c(C)c3c(=O)[nH]2)n1. The molecule has 0 amide bonds. The van der Waals surface area contributed by atoms with Crippen molar-refractivity contribution in [3.8, 4) is 0 Å². The summed E-state index contributed by atoms with van der Waals surface area (Å²) in [5, 5.41) is 2.82. The molecule has 0 fully saturated rings. The Hall–Kier alpha value is -1.18. The van der Waals surface area contributed by atoms with Crippen LogP contribution in [0.1, 0.15) is 34.1 Å². The van der Waals surface area contributed by atoms with Crippen LogP contribution in [0.5, 0.6) is 0 Å². The molecule has 3 aromatic heterocycles. The Kier molecular flexibility index (Phi) is 3.90. The summed E-state index contributed by atoms with van der Waals surface area (Å²) < 4.78 is 1.00. The molecular weight excluding hydrogens is 322 g/mol. The molecule has 3 aromatic rings. The molecule has 0 saturated carbocycles. The number of nitrogens with zero attached hydrogens (tertiary/aromatic N) is 2. The van der Waals surface area contributed by atoms with Crippen molar-refractivity contribution in [1.82, 2.24) is 15.0 Å². The van der Waals surface area contributed by atoms with Gasteiger partial charge in [0, 0.05) is 16.0 Å². The molecule has 0 aliphatic heterocycles. The smallest absolute Gasteiger partial charge is 0.259 e. The first-order valence-electron chi connectivity index (χ1n) is 6.54. The second kappa shape index (κ2) is 5.55. The first-order valence-corrected chi connectivity index (χ1v) is 9.12. The number of thiophene rings is 1. The summed E-state index contributed by atoms with van der Waals surface area (Å²) in [5.41, 5.74) is 2.02. The highest BCUT2D eigenvalue weighted by atomic mass is 32.2. The van der Waals surface area contributed by atoms with Gasteiger partial charge >= 0.3 is 0 Å². The van der Waals surface area contributed by atoms with Gasteiger partial charge in [0.25, 0.3) is 5.56 Å². The van der Waals surface area contributed by atoms with Crippen molar-refractivity contribution >= 4 is 44.7 Å². The number of fused-ring (bicyclic) bond motifs is 1. The highest BCUT2D eigenvalue weighted by Gasteiger charge is 2.17. The van der Waals surface area contributed by atoms with Crippen molar-refractivity contribution in [2.45, 2.75) is 37.3 Å². The molecule has 21 heavy (non-hydrogen) atoms. The zero-order valence-corrected chi connectivity index (χ0v) is 14.6. The fourth-order valence-corrected chi connectivity index (χ4v) is 5.14. The molecule has 4 nitrogen and oxygen atoms in total. The summed E-state index contributed by atoms with van der Waals surface area (Å²) in [6.45, 7) is 8.02. The minimum Gasteiger partial charge on any atom is -0.309 e. The van der Waals surface area contributed by atoms with Gasteiger partial charge in [-0.1, -0.05) is 11.8 Å². The zero-order chi connectivity index (χ0) is 15.1. The normalized spacial score (nSPS) is 13.0. The third-order valence-electron chi connectivity index (χ3n) is 3.32. The van der Waals surface area contributed by atoms with Crippen LogP contribution in [0.3, 0.4) is 0 Å². The van der Waals surface area contributed by atoms with Crippen LogP contribution in [0.15, 0.2) is 14.5 Å². The number of H-pyrrole nitrogens is 1. The third-order valence-corrected chi connectivity index (χ3v) is 6.62. The minimum atomic E-state index is -0.0420. The molecule has 0 aliphatic carbocycles. The lowest BCUT2D eigenvalue weighted by Crippen LogP contribution is -2.12. The van der Waals surface area contributed by atoms with E-state index >= 15 is 0 Å². The average molecular weight is 337 g/mol. The van der Waals surface area contributed by atoms with E-state index in [-0.39, 0.29) is 10.8 Å². The van der Waals surface area contributed by atoms with E-state index in [1.807, 2.05) is 33.1 Å². The molecule has 0 spiro atoms. The number of hydrogen-bond acceptors (Lipinski definition) is 6. The van der Waals surface area contributed by atoms with Gasteiger partial charge in [-0.15, -0.1) is 22.7 Å². The second-order valence-corrected chi connectivity index (χ2v) is 8.58.